The minimum atomic E-state index is -4.90. The number of rotatable bonds is 9. The largest absolute Gasteiger partial charge is 0.423 e. The van der Waals surface area contributed by atoms with Crippen LogP contribution in [0.3, 0.4) is 0 Å². The molecule has 0 radical (unpaired) electrons. The van der Waals surface area contributed by atoms with Crippen molar-refractivity contribution in [3.8, 4) is 0 Å². The molecule has 240 valence electrons. The Balaban J connectivity index is 1.18. The van der Waals surface area contributed by atoms with E-state index < -0.39 is 52.7 Å². The van der Waals surface area contributed by atoms with Crippen LogP contribution >= 0.6 is 0 Å². The van der Waals surface area contributed by atoms with Crippen LogP contribution in [0.4, 0.5) is 43.5 Å². The van der Waals surface area contributed by atoms with E-state index in [0.29, 0.717) is 13.0 Å². The Labute approximate surface area is 246 Å². The molecule has 5 heterocycles. The zero-order chi connectivity index (χ0) is 31.8. The highest BCUT2D eigenvalue weighted by atomic mass is 19.4. The standard InChI is InChI=1S/C26H29F6N7O5/c1-14(35-17-10-34-36-23(41)21(17)26(30,31)32)13-43-6-3-20(40)37-4-5-38-19(12-37)24(42)39(11-16-2-7-44-16)18-8-15(25(27,28)29)9-33-22(18)38/h8-10,14,16,19H,2-7,11-13H2,1H3,(H2,35,36,41)/t14-,16?,19+/m0/s1. The zero-order valence-electron chi connectivity index (χ0n) is 23.4. The smallest absolute Gasteiger partial charge is 0.379 e. The second-order valence-corrected chi connectivity index (χ2v) is 10.7. The fourth-order valence-corrected chi connectivity index (χ4v) is 5.29. The van der Waals surface area contributed by atoms with Crippen LogP contribution in [0.1, 0.15) is 30.9 Å². The van der Waals surface area contributed by atoms with Crippen molar-refractivity contribution < 1.29 is 45.4 Å². The summed E-state index contributed by atoms with van der Waals surface area (Å²) in [7, 11) is 0. The Kier molecular flexibility index (Phi) is 8.75. The van der Waals surface area contributed by atoms with Gasteiger partial charge in [0.15, 0.2) is 5.82 Å². The molecular formula is C26H29F6N7O5. The first kappa shape index (κ1) is 31.5. The number of nitrogens with zero attached hydrogens (tertiary/aromatic N) is 5. The molecule has 0 saturated carbocycles. The summed E-state index contributed by atoms with van der Waals surface area (Å²) in [4.78, 5) is 46.6. The first-order valence-electron chi connectivity index (χ1n) is 13.8. The van der Waals surface area contributed by atoms with E-state index >= 15 is 0 Å². The second kappa shape index (κ2) is 12.2. The number of ether oxygens (including phenoxy) is 2. The fourth-order valence-electron chi connectivity index (χ4n) is 5.29. The molecule has 0 spiro atoms. The van der Waals surface area contributed by atoms with E-state index in [1.165, 1.54) is 16.7 Å². The van der Waals surface area contributed by atoms with Gasteiger partial charge < -0.3 is 29.5 Å². The topological polar surface area (TPSA) is 133 Å². The van der Waals surface area contributed by atoms with Gasteiger partial charge in [-0.15, -0.1) is 0 Å². The molecular weight excluding hydrogens is 604 g/mol. The number of amides is 2. The van der Waals surface area contributed by atoms with Gasteiger partial charge in [-0.2, -0.15) is 31.4 Å². The summed E-state index contributed by atoms with van der Waals surface area (Å²) >= 11 is 0. The number of anilines is 3. The fraction of sp³-hybridized carbons (Fsp3) is 0.577. The number of carbonyl (C=O) groups is 2. The van der Waals surface area contributed by atoms with E-state index in [4.69, 9.17) is 9.47 Å². The summed E-state index contributed by atoms with van der Waals surface area (Å²) in [5.41, 5.74) is -4.24. The summed E-state index contributed by atoms with van der Waals surface area (Å²) < 4.78 is 91.0. The Bertz CT molecular complexity index is 1450. The van der Waals surface area contributed by atoms with E-state index in [0.717, 1.165) is 18.5 Å². The van der Waals surface area contributed by atoms with Crippen molar-refractivity contribution in [2.75, 3.05) is 61.1 Å². The molecule has 1 unspecified atom stereocenters. The van der Waals surface area contributed by atoms with E-state index in [2.05, 4.69) is 15.4 Å². The number of piperazine rings is 1. The first-order chi connectivity index (χ1) is 20.7. The molecule has 2 aromatic heterocycles. The van der Waals surface area contributed by atoms with Crippen LogP contribution < -0.4 is 20.7 Å². The molecule has 44 heavy (non-hydrogen) atoms. The SMILES string of the molecule is C[C@@H](COCCC(=O)N1CCN2c3ncc(C(F)(F)F)cc3N(CC3CCO3)C(=O)[C@H]2C1)Nc1cn[nH]c(=O)c1C(F)(F)F. The minimum Gasteiger partial charge on any atom is -0.379 e. The molecule has 3 aliphatic rings. The van der Waals surface area contributed by atoms with Gasteiger partial charge in [0.1, 0.15) is 11.6 Å². The van der Waals surface area contributed by atoms with Crippen LogP contribution in [0.2, 0.25) is 0 Å². The van der Waals surface area contributed by atoms with Crippen molar-refractivity contribution in [1.82, 2.24) is 20.1 Å². The molecule has 0 aliphatic carbocycles. The number of hydrogen-bond acceptors (Lipinski definition) is 9. The molecule has 2 aromatic rings. The Morgan fingerprint density at radius 1 is 1.18 bits per heavy atom. The summed E-state index contributed by atoms with van der Waals surface area (Å²) in [5.74, 6) is -0.574. The summed E-state index contributed by atoms with van der Waals surface area (Å²) in [6.07, 6.45) is -7.72. The second-order valence-electron chi connectivity index (χ2n) is 10.7. The van der Waals surface area contributed by atoms with Crippen LogP contribution in [0, 0.1) is 0 Å². The number of nitrogens with one attached hydrogen (secondary N) is 2. The van der Waals surface area contributed by atoms with Gasteiger partial charge in [0, 0.05) is 31.9 Å². The number of hydrogen-bond donors (Lipinski definition) is 2. The highest BCUT2D eigenvalue weighted by Crippen LogP contribution is 2.40. The number of aromatic nitrogens is 3. The predicted octanol–water partition coefficient (Wildman–Crippen LogP) is 2.26. The average Bonchev–Trinajstić information content (AvgIpc) is 2.92. The molecule has 3 aliphatic heterocycles. The van der Waals surface area contributed by atoms with Crippen molar-refractivity contribution >= 4 is 29.0 Å². The molecule has 0 bridgehead atoms. The minimum absolute atomic E-state index is 0.0183. The third-order valence-electron chi connectivity index (χ3n) is 7.57. The maximum Gasteiger partial charge on any atom is 0.423 e. The number of aromatic amines is 1. The average molecular weight is 634 g/mol. The molecule has 5 rings (SSSR count). The molecule has 2 amide bonds. The number of H-pyrrole nitrogens is 1. The highest BCUT2D eigenvalue weighted by Gasteiger charge is 2.45. The van der Waals surface area contributed by atoms with Gasteiger partial charge in [-0.1, -0.05) is 0 Å². The Morgan fingerprint density at radius 2 is 1.93 bits per heavy atom. The number of halogens is 6. The Morgan fingerprint density at radius 3 is 2.59 bits per heavy atom. The van der Waals surface area contributed by atoms with Gasteiger partial charge in [-0.25, -0.2) is 10.1 Å². The zero-order valence-corrected chi connectivity index (χ0v) is 23.4. The molecule has 2 fully saturated rings. The Hall–Kier alpha value is -3.93. The molecule has 2 saturated heterocycles. The third kappa shape index (κ3) is 6.59. The molecule has 12 nitrogen and oxygen atoms in total. The van der Waals surface area contributed by atoms with Crippen LogP contribution in [0.15, 0.2) is 23.3 Å². The number of pyridine rings is 1. The van der Waals surface area contributed by atoms with E-state index in [-0.39, 0.29) is 69.3 Å². The van der Waals surface area contributed by atoms with Crippen LogP contribution in [-0.2, 0) is 31.4 Å². The maximum atomic E-state index is 13.6. The van der Waals surface area contributed by atoms with Gasteiger partial charge in [-0.05, 0) is 19.4 Å². The van der Waals surface area contributed by atoms with Crippen molar-refractivity contribution in [3.05, 3.63) is 39.9 Å². The lowest BCUT2D eigenvalue weighted by Gasteiger charge is -2.48. The van der Waals surface area contributed by atoms with Crippen molar-refractivity contribution in [2.45, 2.75) is 50.3 Å². The summed E-state index contributed by atoms with van der Waals surface area (Å²) in [6.45, 7) is 2.25. The monoisotopic (exact) mass is 633 g/mol. The quantitative estimate of drug-likeness (QED) is 0.315. The molecule has 0 aromatic carbocycles. The molecule has 2 N–H and O–H groups in total. The van der Waals surface area contributed by atoms with Gasteiger partial charge in [0.2, 0.25) is 5.91 Å². The van der Waals surface area contributed by atoms with Crippen molar-refractivity contribution in [1.29, 1.82) is 0 Å². The van der Waals surface area contributed by atoms with Gasteiger partial charge in [-0.3, -0.25) is 14.4 Å². The van der Waals surface area contributed by atoms with Crippen LogP contribution in [0.25, 0.3) is 0 Å². The molecule has 3 atom stereocenters. The van der Waals surface area contributed by atoms with Gasteiger partial charge in [0.05, 0.1) is 62.0 Å². The maximum absolute atomic E-state index is 13.6. The van der Waals surface area contributed by atoms with E-state index in [9.17, 15) is 40.7 Å². The van der Waals surface area contributed by atoms with Crippen LogP contribution in [-0.4, -0.2) is 96.1 Å². The number of fused-ring (bicyclic) bond motifs is 3. The van der Waals surface area contributed by atoms with Crippen molar-refractivity contribution in [2.24, 2.45) is 0 Å². The first-order valence-corrected chi connectivity index (χ1v) is 13.8. The third-order valence-corrected chi connectivity index (χ3v) is 7.57. The number of alkyl halides is 6. The lowest BCUT2D eigenvalue weighted by Crippen LogP contribution is -2.64. The number of carbonyl (C=O) groups excluding carboxylic acids is 2. The van der Waals surface area contributed by atoms with E-state index in [1.54, 1.807) is 10.00 Å². The van der Waals surface area contributed by atoms with E-state index in [1.807, 2.05) is 0 Å². The lowest BCUT2D eigenvalue weighted by molar-refractivity contribution is -0.138. The van der Waals surface area contributed by atoms with Gasteiger partial charge in [0.25, 0.3) is 11.5 Å². The van der Waals surface area contributed by atoms with Crippen LogP contribution in [0.5, 0.6) is 0 Å². The lowest BCUT2D eigenvalue weighted by atomic mass is 10.0. The van der Waals surface area contributed by atoms with Crippen molar-refractivity contribution in [3.63, 3.8) is 0 Å². The predicted molar refractivity (Wildman–Crippen MR) is 142 cm³/mol. The van der Waals surface area contributed by atoms with Gasteiger partial charge >= 0.3 is 12.4 Å². The normalized spacial score (nSPS) is 21.0. The highest BCUT2D eigenvalue weighted by molar-refractivity contribution is 6.05. The molecule has 18 heteroatoms. The summed E-state index contributed by atoms with van der Waals surface area (Å²) in [5, 5.41) is 7.68. The summed E-state index contributed by atoms with van der Waals surface area (Å²) in [6, 6.07) is -0.620.